The Labute approximate surface area is 155 Å². The molecule has 0 radical (unpaired) electrons. The lowest BCUT2D eigenvalue weighted by Crippen LogP contribution is -2.27. The second-order valence-corrected chi connectivity index (χ2v) is 6.61. The molecular formula is C23H36O2. The van der Waals surface area contributed by atoms with Crippen molar-refractivity contribution in [3.05, 3.63) is 60.8 Å². The topological polar surface area (TPSA) is 18.5 Å². The Morgan fingerprint density at radius 1 is 1.04 bits per heavy atom. The van der Waals surface area contributed by atoms with Gasteiger partial charge in [0.15, 0.2) is 6.29 Å². The van der Waals surface area contributed by atoms with Crippen LogP contribution < -0.4 is 0 Å². The summed E-state index contributed by atoms with van der Waals surface area (Å²) in [6.45, 7) is 6.29. The number of rotatable bonds is 12. The predicted molar refractivity (Wildman–Crippen MR) is 109 cm³/mol. The first-order chi connectivity index (χ1) is 12.2. The summed E-state index contributed by atoms with van der Waals surface area (Å²) in [6.07, 6.45) is 29.7. The maximum Gasteiger partial charge on any atom is 0.177 e. The van der Waals surface area contributed by atoms with Crippen LogP contribution in [0.15, 0.2) is 60.8 Å². The molecule has 0 bridgehead atoms. The predicted octanol–water partition coefficient (Wildman–Crippen LogP) is 6.67. The first-order valence-electron chi connectivity index (χ1n) is 9.83. The van der Waals surface area contributed by atoms with Crippen LogP contribution in [0.25, 0.3) is 0 Å². The van der Waals surface area contributed by atoms with E-state index in [0.29, 0.717) is 0 Å². The molecule has 1 heterocycles. The Bertz CT molecular complexity index is 455. The standard InChI is InChI=1S/C23H36O2/c1-4-5-6-7-8-9-10-11-12-13-14-15-16-18-22-19-17-20-23(25-22)24-21(2)3/h8-9,11-12,14-18,20-23H,4-7,10,13,19H2,1-3H3/b9-8-,12-11-,15-14-,18-16+/t22-,23+/m0/s1. The molecule has 25 heavy (non-hydrogen) atoms. The molecule has 2 atom stereocenters. The van der Waals surface area contributed by atoms with Gasteiger partial charge in [-0.15, -0.1) is 0 Å². The molecule has 1 aliphatic rings. The van der Waals surface area contributed by atoms with Crippen molar-refractivity contribution in [2.45, 2.75) is 84.2 Å². The quantitative estimate of drug-likeness (QED) is 0.224. The van der Waals surface area contributed by atoms with Crippen molar-refractivity contribution < 1.29 is 9.47 Å². The average Bonchev–Trinajstić information content (AvgIpc) is 2.59. The molecule has 0 saturated carbocycles. The average molecular weight is 345 g/mol. The molecular weight excluding hydrogens is 308 g/mol. The van der Waals surface area contributed by atoms with E-state index in [0.717, 1.165) is 19.3 Å². The van der Waals surface area contributed by atoms with Crippen molar-refractivity contribution in [3.8, 4) is 0 Å². The van der Waals surface area contributed by atoms with Crippen LogP contribution in [0.4, 0.5) is 0 Å². The van der Waals surface area contributed by atoms with Crippen LogP contribution in [0, 0.1) is 0 Å². The van der Waals surface area contributed by atoms with Gasteiger partial charge < -0.3 is 9.47 Å². The van der Waals surface area contributed by atoms with Gasteiger partial charge in [0.25, 0.3) is 0 Å². The molecule has 140 valence electrons. The molecule has 2 nitrogen and oxygen atoms in total. The molecule has 0 unspecified atom stereocenters. The lowest BCUT2D eigenvalue weighted by atomic mass is 10.2. The third-order valence-electron chi connectivity index (χ3n) is 3.80. The fourth-order valence-electron chi connectivity index (χ4n) is 2.49. The summed E-state index contributed by atoms with van der Waals surface area (Å²) < 4.78 is 11.5. The van der Waals surface area contributed by atoms with Crippen molar-refractivity contribution in [2.24, 2.45) is 0 Å². The summed E-state index contributed by atoms with van der Waals surface area (Å²) in [5.74, 6) is 0. The minimum absolute atomic E-state index is 0.104. The third-order valence-corrected chi connectivity index (χ3v) is 3.80. The van der Waals surface area contributed by atoms with Gasteiger partial charge in [-0.25, -0.2) is 0 Å². The smallest absolute Gasteiger partial charge is 0.177 e. The molecule has 1 rings (SSSR count). The highest BCUT2D eigenvalue weighted by Gasteiger charge is 2.16. The van der Waals surface area contributed by atoms with E-state index >= 15 is 0 Å². The van der Waals surface area contributed by atoms with Crippen molar-refractivity contribution >= 4 is 0 Å². The summed E-state index contributed by atoms with van der Waals surface area (Å²) in [7, 11) is 0. The van der Waals surface area contributed by atoms with E-state index in [-0.39, 0.29) is 18.5 Å². The van der Waals surface area contributed by atoms with Gasteiger partial charge in [-0.1, -0.05) is 74.4 Å². The Hall–Kier alpha value is -1.38. The normalized spacial score (nSPS) is 21.8. The van der Waals surface area contributed by atoms with Gasteiger partial charge in [0, 0.05) is 0 Å². The Balaban J connectivity index is 2.11. The first kappa shape index (κ1) is 21.7. The highest BCUT2D eigenvalue weighted by atomic mass is 16.7. The van der Waals surface area contributed by atoms with E-state index in [9.17, 15) is 0 Å². The maximum absolute atomic E-state index is 5.85. The van der Waals surface area contributed by atoms with Gasteiger partial charge in [0.05, 0.1) is 12.2 Å². The van der Waals surface area contributed by atoms with E-state index in [1.165, 1.54) is 25.7 Å². The van der Waals surface area contributed by atoms with Crippen LogP contribution in [0.1, 0.15) is 65.7 Å². The fraction of sp³-hybridized carbons (Fsp3) is 0.565. The van der Waals surface area contributed by atoms with Crippen LogP contribution in [0.5, 0.6) is 0 Å². The summed E-state index contributed by atoms with van der Waals surface area (Å²) in [4.78, 5) is 0. The van der Waals surface area contributed by atoms with Gasteiger partial charge in [-0.05, 0) is 52.0 Å². The molecule has 0 spiro atoms. The van der Waals surface area contributed by atoms with Gasteiger partial charge in [-0.3, -0.25) is 0 Å². The molecule has 0 aromatic carbocycles. The Morgan fingerprint density at radius 3 is 2.56 bits per heavy atom. The Kier molecular flexibility index (Phi) is 12.9. The SMILES string of the molecule is CCCCC/C=C\C/C=C\C/C=C\C=C\[C@H]1CC=C[C@H](OC(C)C)O1. The molecule has 0 amide bonds. The lowest BCUT2D eigenvalue weighted by molar-refractivity contribution is -0.154. The molecule has 2 heteroatoms. The monoisotopic (exact) mass is 344 g/mol. The highest BCUT2D eigenvalue weighted by molar-refractivity contribution is 5.09. The number of hydrogen-bond acceptors (Lipinski definition) is 2. The molecule has 0 N–H and O–H groups in total. The number of allylic oxidation sites excluding steroid dienone is 7. The molecule has 0 aromatic heterocycles. The second-order valence-electron chi connectivity index (χ2n) is 6.61. The first-order valence-corrected chi connectivity index (χ1v) is 9.83. The van der Waals surface area contributed by atoms with Crippen molar-refractivity contribution in [2.75, 3.05) is 0 Å². The van der Waals surface area contributed by atoms with Gasteiger partial charge in [-0.2, -0.15) is 0 Å². The minimum atomic E-state index is -0.217. The van der Waals surface area contributed by atoms with E-state index in [2.05, 4.69) is 61.6 Å². The Morgan fingerprint density at radius 2 is 1.80 bits per heavy atom. The summed E-state index contributed by atoms with van der Waals surface area (Å²) in [5.41, 5.74) is 0. The van der Waals surface area contributed by atoms with Gasteiger partial charge >= 0.3 is 0 Å². The van der Waals surface area contributed by atoms with E-state index in [4.69, 9.17) is 9.47 Å². The van der Waals surface area contributed by atoms with E-state index in [1.54, 1.807) is 0 Å². The minimum Gasteiger partial charge on any atom is -0.346 e. The van der Waals surface area contributed by atoms with Crippen molar-refractivity contribution in [1.29, 1.82) is 0 Å². The highest BCUT2D eigenvalue weighted by Crippen LogP contribution is 2.15. The molecule has 0 saturated heterocycles. The van der Waals surface area contributed by atoms with Crippen LogP contribution in [-0.2, 0) is 9.47 Å². The number of hydrogen-bond donors (Lipinski definition) is 0. The van der Waals surface area contributed by atoms with E-state index < -0.39 is 0 Å². The van der Waals surface area contributed by atoms with Crippen LogP contribution in [-0.4, -0.2) is 18.5 Å². The molecule has 0 aliphatic carbocycles. The van der Waals surface area contributed by atoms with Crippen LogP contribution in [0.3, 0.4) is 0 Å². The lowest BCUT2D eigenvalue weighted by Gasteiger charge is -2.25. The largest absolute Gasteiger partial charge is 0.346 e. The number of ether oxygens (including phenoxy) is 2. The van der Waals surface area contributed by atoms with E-state index in [1.807, 2.05) is 19.9 Å². The fourth-order valence-corrected chi connectivity index (χ4v) is 2.49. The van der Waals surface area contributed by atoms with Gasteiger partial charge in [0.1, 0.15) is 0 Å². The summed E-state index contributed by atoms with van der Waals surface area (Å²) in [5, 5.41) is 0. The third kappa shape index (κ3) is 12.6. The zero-order valence-corrected chi connectivity index (χ0v) is 16.3. The molecule has 0 aromatic rings. The molecule has 0 fully saturated rings. The second kappa shape index (κ2) is 14.9. The van der Waals surface area contributed by atoms with Crippen molar-refractivity contribution in [1.82, 2.24) is 0 Å². The van der Waals surface area contributed by atoms with Crippen LogP contribution in [0.2, 0.25) is 0 Å². The maximum atomic E-state index is 5.85. The zero-order valence-electron chi connectivity index (χ0n) is 16.3. The molecule has 1 aliphatic heterocycles. The van der Waals surface area contributed by atoms with Crippen LogP contribution >= 0.6 is 0 Å². The zero-order chi connectivity index (χ0) is 18.2. The number of unbranched alkanes of at least 4 members (excludes halogenated alkanes) is 3. The summed E-state index contributed by atoms with van der Waals surface area (Å²) >= 11 is 0. The van der Waals surface area contributed by atoms with Gasteiger partial charge in [0.2, 0.25) is 0 Å². The summed E-state index contributed by atoms with van der Waals surface area (Å²) in [6, 6.07) is 0. The van der Waals surface area contributed by atoms with Crippen molar-refractivity contribution in [3.63, 3.8) is 0 Å².